The Kier molecular flexibility index (Phi) is 3.86. The first-order valence-electron chi connectivity index (χ1n) is 6.84. The SMILES string of the molecule is O=Cc1cn([C@@H]2OC[C@H](O)[C@H](O)[C@H]2O)c2cc([N+](=O)[O-])ccc12. The van der Waals surface area contributed by atoms with Gasteiger partial charge in [0.1, 0.15) is 18.3 Å². The van der Waals surface area contributed by atoms with Crippen LogP contribution in [0.2, 0.25) is 0 Å². The molecule has 9 heteroatoms. The van der Waals surface area contributed by atoms with Crippen LogP contribution < -0.4 is 0 Å². The van der Waals surface area contributed by atoms with E-state index in [1.165, 1.54) is 29.0 Å². The molecule has 1 fully saturated rings. The number of fused-ring (bicyclic) bond motifs is 1. The maximum atomic E-state index is 11.2. The highest BCUT2D eigenvalue weighted by Gasteiger charge is 2.39. The summed E-state index contributed by atoms with van der Waals surface area (Å²) < 4.78 is 6.70. The normalized spacial score (nSPS) is 28.0. The van der Waals surface area contributed by atoms with Gasteiger partial charge in [-0.15, -0.1) is 0 Å². The van der Waals surface area contributed by atoms with E-state index in [0.717, 1.165) is 0 Å². The molecule has 0 unspecified atom stereocenters. The minimum absolute atomic E-state index is 0.180. The number of nitrogens with zero attached hydrogens (tertiary/aromatic N) is 2. The first-order valence-corrected chi connectivity index (χ1v) is 6.84. The van der Waals surface area contributed by atoms with Gasteiger partial charge in [0.05, 0.1) is 17.0 Å². The number of aliphatic hydroxyl groups excluding tert-OH is 3. The van der Waals surface area contributed by atoms with Crippen LogP contribution in [0.5, 0.6) is 0 Å². The van der Waals surface area contributed by atoms with Crippen molar-refractivity contribution in [3.63, 3.8) is 0 Å². The fraction of sp³-hybridized carbons (Fsp3) is 0.357. The van der Waals surface area contributed by atoms with Crippen molar-refractivity contribution in [2.24, 2.45) is 0 Å². The zero-order valence-electron chi connectivity index (χ0n) is 11.8. The molecule has 3 rings (SSSR count). The molecule has 1 aromatic carbocycles. The number of ether oxygens (including phenoxy) is 1. The lowest BCUT2D eigenvalue weighted by Crippen LogP contribution is -2.50. The molecule has 0 amide bonds. The summed E-state index contributed by atoms with van der Waals surface area (Å²) in [6.45, 7) is -0.214. The predicted octanol–water partition coefficient (Wildman–Crippen LogP) is -0.0265. The van der Waals surface area contributed by atoms with Gasteiger partial charge in [0.2, 0.25) is 0 Å². The number of carbonyl (C=O) groups excluding carboxylic acids is 1. The Labute approximate surface area is 129 Å². The topological polar surface area (TPSA) is 135 Å². The number of benzene rings is 1. The number of aromatic nitrogens is 1. The Morgan fingerprint density at radius 3 is 2.70 bits per heavy atom. The Morgan fingerprint density at radius 2 is 2.04 bits per heavy atom. The summed E-state index contributed by atoms with van der Waals surface area (Å²) in [5.74, 6) is 0. The van der Waals surface area contributed by atoms with Gasteiger partial charge in [-0.1, -0.05) is 0 Å². The Balaban J connectivity index is 2.14. The molecule has 2 aromatic rings. The molecule has 0 aliphatic carbocycles. The van der Waals surface area contributed by atoms with Gasteiger partial charge in [-0.05, 0) is 6.07 Å². The summed E-state index contributed by atoms with van der Waals surface area (Å²) in [6, 6.07) is 3.97. The Morgan fingerprint density at radius 1 is 1.30 bits per heavy atom. The average molecular weight is 322 g/mol. The lowest BCUT2D eigenvalue weighted by molar-refractivity contribution is -0.384. The van der Waals surface area contributed by atoms with Crippen LogP contribution in [-0.2, 0) is 4.74 Å². The van der Waals surface area contributed by atoms with Crippen molar-refractivity contribution in [2.75, 3.05) is 6.61 Å². The van der Waals surface area contributed by atoms with Gasteiger partial charge < -0.3 is 24.6 Å². The predicted molar refractivity (Wildman–Crippen MR) is 77.0 cm³/mol. The number of hydrogen-bond donors (Lipinski definition) is 3. The molecule has 0 radical (unpaired) electrons. The molecule has 0 spiro atoms. The molecule has 23 heavy (non-hydrogen) atoms. The average Bonchev–Trinajstić information content (AvgIpc) is 2.90. The van der Waals surface area contributed by atoms with E-state index >= 15 is 0 Å². The van der Waals surface area contributed by atoms with E-state index in [2.05, 4.69) is 0 Å². The first kappa shape index (κ1) is 15.6. The van der Waals surface area contributed by atoms with E-state index in [-0.39, 0.29) is 17.9 Å². The number of aldehydes is 1. The summed E-state index contributed by atoms with van der Waals surface area (Å²) in [7, 11) is 0. The largest absolute Gasteiger partial charge is 0.388 e. The van der Waals surface area contributed by atoms with Crippen molar-refractivity contribution in [3.05, 3.63) is 40.1 Å². The summed E-state index contributed by atoms with van der Waals surface area (Å²) >= 11 is 0. The Bertz CT molecular complexity index is 772. The number of hydrogen-bond acceptors (Lipinski definition) is 7. The van der Waals surface area contributed by atoms with Crippen LogP contribution >= 0.6 is 0 Å². The van der Waals surface area contributed by atoms with E-state index in [4.69, 9.17) is 4.74 Å². The van der Waals surface area contributed by atoms with Gasteiger partial charge in [0.25, 0.3) is 5.69 Å². The summed E-state index contributed by atoms with van der Waals surface area (Å²) in [6.07, 6.45) is -3.21. The monoisotopic (exact) mass is 322 g/mol. The summed E-state index contributed by atoms with van der Waals surface area (Å²) in [5, 5.41) is 40.8. The maximum absolute atomic E-state index is 11.2. The molecular formula is C14H14N2O7. The lowest BCUT2D eigenvalue weighted by Gasteiger charge is -2.36. The van der Waals surface area contributed by atoms with Crippen LogP contribution in [0.15, 0.2) is 24.4 Å². The van der Waals surface area contributed by atoms with Crippen LogP contribution in [0.3, 0.4) is 0 Å². The number of rotatable bonds is 3. The fourth-order valence-corrected chi connectivity index (χ4v) is 2.72. The van der Waals surface area contributed by atoms with Crippen LogP contribution in [0.4, 0.5) is 5.69 Å². The molecule has 9 nitrogen and oxygen atoms in total. The Hall–Kier alpha value is -2.33. The van der Waals surface area contributed by atoms with Crippen molar-refractivity contribution >= 4 is 22.9 Å². The fourth-order valence-electron chi connectivity index (χ4n) is 2.72. The van der Waals surface area contributed by atoms with Gasteiger partial charge in [-0.3, -0.25) is 14.9 Å². The van der Waals surface area contributed by atoms with Gasteiger partial charge in [-0.25, -0.2) is 0 Å². The molecule has 1 saturated heterocycles. The van der Waals surface area contributed by atoms with Crippen molar-refractivity contribution in [1.29, 1.82) is 0 Å². The van der Waals surface area contributed by atoms with Gasteiger partial charge >= 0.3 is 0 Å². The molecule has 1 aliphatic heterocycles. The smallest absolute Gasteiger partial charge is 0.271 e. The van der Waals surface area contributed by atoms with E-state index in [0.29, 0.717) is 17.2 Å². The third-order valence-corrected chi connectivity index (χ3v) is 3.93. The second kappa shape index (κ2) is 5.70. The molecular weight excluding hydrogens is 308 g/mol. The maximum Gasteiger partial charge on any atom is 0.271 e. The van der Waals surface area contributed by atoms with Gasteiger partial charge in [-0.2, -0.15) is 0 Å². The summed E-state index contributed by atoms with van der Waals surface area (Å²) in [4.78, 5) is 21.6. The number of aliphatic hydroxyl groups is 3. The molecule has 1 aliphatic rings. The minimum Gasteiger partial charge on any atom is -0.388 e. The van der Waals surface area contributed by atoms with E-state index < -0.39 is 29.5 Å². The third kappa shape index (κ3) is 2.49. The van der Waals surface area contributed by atoms with Crippen molar-refractivity contribution in [2.45, 2.75) is 24.5 Å². The number of carbonyl (C=O) groups is 1. The molecule has 4 atom stereocenters. The van der Waals surface area contributed by atoms with Crippen molar-refractivity contribution in [3.8, 4) is 0 Å². The first-order chi connectivity index (χ1) is 10.9. The minimum atomic E-state index is -1.45. The third-order valence-electron chi connectivity index (χ3n) is 3.93. The highest BCUT2D eigenvalue weighted by Crippen LogP contribution is 2.32. The zero-order chi connectivity index (χ0) is 16.7. The molecule has 3 N–H and O–H groups in total. The second-order valence-electron chi connectivity index (χ2n) is 5.34. The highest BCUT2D eigenvalue weighted by atomic mass is 16.6. The molecule has 122 valence electrons. The van der Waals surface area contributed by atoms with Crippen molar-refractivity contribution < 1.29 is 29.8 Å². The zero-order valence-corrected chi connectivity index (χ0v) is 11.8. The number of nitro benzene ring substituents is 1. The molecule has 2 heterocycles. The number of non-ortho nitro benzene ring substituents is 1. The van der Waals surface area contributed by atoms with Crippen LogP contribution in [0.25, 0.3) is 10.9 Å². The molecule has 0 bridgehead atoms. The highest BCUT2D eigenvalue weighted by molar-refractivity contribution is 5.98. The standard InChI is InChI=1S/C14H14N2O7/c17-5-7-4-15(14-13(20)12(19)11(18)6-23-14)10-3-8(16(21)22)1-2-9(7)10/h1-5,11-14,18-20H,6H2/t11-,12-,13+,14+/m0/s1. The van der Waals surface area contributed by atoms with E-state index in [9.17, 15) is 30.2 Å². The lowest BCUT2D eigenvalue weighted by atomic mass is 10.0. The second-order valence-corrected chi connectivity index (χ2v) is 5.34. The van der Waals surface area contributed by atoms with Crippen LogP contribution in [-0.4, -0.2) is 56.0 Å². The molecule has 0 saturated carbocycles. The summed E-state index contributed by atoms with van der Waals surface area (Å²) in [5.41, 5.74) is 0.403. The van der Waals surface area contributed by atoms with E-state index in [1.54, 1.807) is 0 Å². The van der Waals surface area contributed by atoms with Gasteiger partial charge in [0.15, 0.2) is 12.5 Å². The van der Waals surface area contributed by atoms with Crippen LogP contribution in [0.1, 0.15) is 16.6 Å². The quantitative estimate of drug-likeness (QED) is 0.410. The van der Waals surface area contributed by atoms with E-state index in [1.807, 2.05) is 0 Å². The number of nitro groups is 1. The molecule has 1 aromatic heterocycles. The van der Waals surface area contributed by atoms with Crippen molar-refractivity contribution in [1.82, 2.24) is 4.57 Å². The van der Waals surface area contributed by atoms with Gasteiger partial charge in [0, 0.05) is 29.3 Å². The van der Waals surface area contributed by atoms with Crippen LogP contribution in [0, 0.1) is 10.1 Å².